The Kier molecular flexibility index (Phi) is 2.21. The molecule has 1 rings (SSSR count). The Morgan fingerprint density at radius 3 is 2.58 bits per heavy atom. The van der Waals surface area contributed by atoms with Crippen LogP contribution in [0.25, 0.3) is 0 Å². The van der Waals surface area contributed by atoms with Crippen LogP contribution < -0.4 is 0 Å². The van der Waals surface area contributed by atoms with E-state index in [-0.39, 0.29) is 12.0 Å². The molecule has 0 saturated heterocycles. The van der Waals surface area contributed by atoms with Gasteiger partial charge in [-0.25, -0.2) is 4.79 Å². The number of hydrogen-bond donors (Lipinski definition) is 2. The van der Waals surface area contributed by atoms with E-state index in [1.54, 1.807) is 13.8 Å². The molecule has 0 atom stereocenters. The summed E-state index contributed by atoms with van der Waals surface area (Å²) in [5.74, 6) is 0. The number of carbonyl (C=O) groups is 1. The van der Waals surface area contributed by atoms with Gasteiger partial charge in [0.2, 0.25) is 0 Å². The van der Waals surface area contributed by atoms with E-state index in [4.69, 9.17) is 14.8 Å². The predicted octanol–water partition coefficient (Wildman–Crippen LogP) is -0.242. The summed E-state index contributed by atoms with van der Waals surface area (Å²) in [6, 6.07) is 0. The van der Waals surface area contributed by atoms with Gasteiger partial charge in [0, 0.05) is 6.42 Å². The Hall–Kier alpha value is -0.875. The van der Waals surface area contributed by atoms with Gasteiger partial charge in [0.15, 0.2) is 0 Å². The van der Waals surface area contributed by atoms with Crippen LogP contribution in [0.3, 0.4) is 0 Å². The van der Waals surface area contributed by atoms with Crippen molar-refractivity contribution in [1.29, 1.82) is 0 Å². The molecule has 0 aromatic heterocycles. The fourth-order valence-corrected chi connectivity index (χ4v) is 1.04. The van der Waals surface area contributed by atoms with Crippen LogP contribution in [-0.4, -0.2) is 34.5 Å². The van der Waals surface area contributed by atoms with E-state index >= 15 is 0 Å². The lowest BCUT2D eigenvalue weighted by Crippen LogP contribution is -2.41. The maximum absolute atomic E-state index is 10.8. The molecule has 12 heavy (non-hydrogen) atoms. The molecule has 0 aromatic rings. The van der Waals surface area contributed by atoms with E-state index in [0.717, 1.165) is 0 Å². The van der Waals surface area contributed by atoms with E-state index in [2.05, 4.69) is 4.99 Å². The molecular formula is C6H10BNO4. The van der Waals surface area contributed by atoms with Gasteiger partial charge in [0.1, 0.15) is 5.60 Å². The van der Waals surface area contributed by atoms with Crippen molar-refractivity contribution in [3.05, 3.63) is 0 Å². The highest BCUT2D eigenvalue weighted by Crippen LogP contribution is 2.20. The van der Waals surface area contributed by atoms with Crippen molar-refractivity contribution < 1.29 is 19.6 Å². The van der Waals surface area contributed by atoms with Crippen molar-refractivity contribution in [2.75, 3.05) is 0 Å². The minimum Gasteiger partial charge on any atom is -0.442 e. The van der Waals surface area contributed by atoms with Crippen molar-refractivity contribution in [2.45, 2.75) is 25.9 Å². The van der Waals surface area contributed by atoms with E-state index in [0.29, 0.717) is 0 Å². The van der Waals surface area contributed by atoms with Crippen LogP contribution in [0, 0.1) is 0 Å². The van der Waals surface area contributed by atoms with Crippen LogP contribution >= 0.6 is 0 Å². The summed E-state index contributed by atoms with van der Waals surface area (Å²) in [6.07, 6.45) is -0.523. The Balaban J connectivity index is 2.84. The Morgan fingerprint density at radius 1 is 1.58 bits per heavy atom. The minimum atomic E-state index is -1.67. The SMILES string of the molecule is CC1(C)CC(B(O)O)=NC(=O)O1. The average Bonchev–Trinajstić information content (AvgIpc) is 1.82. The van der Waals surface area contributed by atoms with E-state index < -0.39 is 18.8 Å². The first-order chi connectivity index (χ1) is 5.41. The predicted molar refractivity (Wildman–Crippen MR) is 42.8 cm³/mol. The molecule has 0 aliphatic carbocycles. The van der Waals surface area contributed by atoms with Gasteiger partial charge in [-0.05, 0) is 13.8 Å². The Bertz CT molecular complexity index is 236. The molecule has 6 heteroatoms. The van der Waals surface area contributed by atoms with Crippen LogP contribution in [0.5, 0.6) is 0 Å². The van der Waals surface area contributed by atoms with Crippen LogP contribution in [0.15, 0.2) is 4.99 Å². The van der Waals surface area contributed by atoms with Crippen molar-refractivity contribution in [1.82, 2.24) is 0 Å². The van der Waals surface area contributed by atoms with E-state index in [1.807, 2.05) is 0 Å². The molecule has 0 spiro atoms. The van der Waals surface area contributed by atoms with Gasteiger partial charge in [-0.1, -0.05) is 0 Å². The molecule has 5 nitrogen and oxygen atoms in total. The smallest absolute Gasteiger partial charge is 0.442 e. The quantitative estimate of drug-likeness (QED) is 0.533. The molecule has 0 saturated carbocycles. The lowest BCUT2D eigenvalue weighted by Gasteiger charge is -2.28. The molecule has 1 aliphatic rings. The standard InChI is InChI=1S/C6H10BNO4/c1-6(2)3-4(7(10)11)8-5(9)12-6/h10-11H,3H2,1-2H3. The summed E-state index contributed by atoms with van der Waals surface area (Å²) >= 11 is 0. The highest BCUT2D eigenvalue weighted by Gasteiger charge is 2.34. The van der Waals surface area contributed by atoms with Crippen molar-refractivity contribution in [3.63, 3.8) is 0 Å². The second-order valence-electron chi connectivity index (χ2n) is 3.28. The topological polar surface area (TPSA) is 79.1 Å². The number of ether oxygens (including phenoxy) is 1. The summed E-state index contributed by atoms with van der Waals surface area (Å²) in [6.45, 7) is 3.36. The number of aliphatic imine (C=N–C) groups is 1. The third kappa shape index (κ3) is 2.05. The van der Waals surface area contributed by atoms with Gasteiger partial charge in [-0.3, -0.25) is 0 Å². The summed E-state index contributed by atoms with van der Waals surface area (Å²) in [7, 11) is -1.67. The maximum atomic E-state index is 10.8. The van der Waals surface area contributed by atoms with Crippen molar-refractivity contribution >= 4 is 18.8 Å². The number of amides is 1. The van der Waals surface area contributed by atoms with Crippen LogP contribution in [-0.2, 0) is 4.74 Å². The molecular weight excluding hydrogens is 161 g/mol. The largest absolute Gasteiger partial charge is 0.504 e. The van der Waals surface area contributed by atoms with E-state index in [9.17, 15) is 4.79 Å². The lowest BCUT2D eigenvalue weighted by molar-refractivity contribution is 0.0459. The molecule has 2 N–H and O–H groups in total. The number of rotatable bonds is 1. The summed E-state index contributed by atoms with van der Waals surface area (Å²) < 4.78 is 4.81. The monoisotopic (exact) mass is 171 g/mol. The summed E-state index contributed by atoms with van der Waals surface area (Å²) in [5, 5.41) is 17.5. The first kappa shape index (κ1) is 9.21. The number of hydrogen-bond acceptors (Lipinski definition) is 4. The second kappa shape index (κ2) is 2.87. The molecule has 1 amide bonds. The van der Waals surface area contributed by atoms with Gasteiger partial charge in [-0.2, -0.15) is 4.99 Å². The number of nitrogens with zero attached hydrogens (tertiary/aromatic N) is 1. The van der Waals surface area contributed by atoms with Gasteiger partial charge in [-0.15, -0.1) is 0 Å². The number of carbonyl (C=O) groups excluding carboxylic acids is 1. The molecule has 0 bridgehead atoms. The van der Waals surface area contributed by atoms with Gasteiger partial charge in [0.25, 0.3) is 0 Å². The first-order valence-electron chi connectivity index (χ1n) is 3.57. The Morgan fingerprint density at radius 2 is 2.17 bits per heavy atom. The minimum absolute atomic E-state index is 0.0521. The zero-order chi connectivity index (χ0) is 9.35. The molecule has 0 radical (unpaired) electrons. The van der Waals surface area contributed by atoms with Crippen LogP contribution in [0.2, 0.25) is 0 Å². The third-order valence-electron chi connectivity index (χ3n) is 1.50. The van der Waals surface area contributed by atoms with Gasteiger partial charge < -0.3 is 14.8 Å². The molecule has 1 heterocycles. The van der Waals surface area contributed by atoms with Crippen LogP contribution in [0.1, 0.15) is 20.3 Å². The fourth-order valence-electron chi connectivity index (χ4n) is 1.04. The van der Waals surface area contributed by atoms with Gasteiger partial charge >= 0.3 is 13.2 Å². The lowest BCUT2D eigenvalue weighted by atomic mass is 9.77. The fraction of sp³-hybridized carbons (Fsp3) is 0.667. The third-order valence-corrected chi connectivity index (χ3v) is 1.50. The highest BCUT2D eigenvalue weighted by atomic mass is 16.6. The van der Waals surface area contributed by atoms with Crippen molar-refractivity contribution in [3.8, 4) is 0 Å². The van der Waals surface area contributed by atoms with Gasteiger partial charge in [0.05, 0.1) is 5.61 Å². The zero-order valence-electron chi connectivity index (χ0n) is 6.94. The first-order valence-corrected chi connectivity index (χ1v) is 3.57. The highest BCUT2D eigenvalue weighted by molar-refractivity contribution is 6.80. The van der Waals surface area contributed by atoms with Crippen molar-refractivity contribution in [2.24, 2.45) is 4.99 Å². The van der Waals surface area contributed by atoms with E-state index in [1.165, 1.54) is 0 Å². The zero-order valence-corrected chi connectivity index (χ0v) is 6.94. The summed E-state index contributed by atoms with van der Waals surface area (Å²) in [4.78, 5) is 14.1. The second-order valence-corrected chi connectivity index (χ2v) is 3.28. The molecule has 0 unspecified atom stereocenters. The number of cyclic esters (lactones) is 1. The normalized spacial score (nSPS) is 21.3. The molecule has 0 fully saturated rings. The Labute approximate surface area is 70.2 Å². The van der Waals surface area contributed by atoms with Crippen LogP contribution in [0.4, 0.5) is 4.79 Å². The molecule has 0 aromatic carbocycles. The molecule has 1 aliphatic heterocycles. The maximum Gasteiger partial charge on any atom is 0.504 e. The molecule has 66 valence electrons. The average molecular weight is 171 g/mol. The summed E-state index contributed by atoms with van der Waals surface area (Å²) in [5.41, 5.74) is -0.644.